The van der Waals surface area contributed by atoms with Crippen molar-refractivity contribution in [3.8, 4) is 11.5 Å². The van der Waals surface area contributed by atoms with Crippen molar-refractivity contribution in [1.29, 1.82) is 0 Å². The van der Waals surface area contributed by atoms with Crippen LogP contribution in [0.15, 0.2) is 36.4 Å². The number of ether oxygens (including phenoxy) is 3. The second-order valence-electron chi connectivity index (χ2n) is 7.52. The second-order valence-corrected chi connectivity index (χ2v) is 7.52. The molecule has 2 aliphatic heterocycles. The van der Waals surface area contributed by atoms with E-state index in [1.807, 2.05) is 32.0 Å². The molecule has 1 fully saturated rings. The molecular weight excluding hydrogens is 342 g/mol. The highest BCUT2D eigenvalue weighted by Gasteiger charge is 2.36. The van der Waals surface area contributed by atoms with Crippen LogP contribution in [0.2, 0.25) is 0 Å². The Morgan fingerprint density at radius 2 is 1.70 bits per heavy atom. The third kappa shape index (κ3) is 3.65. The summed E-state index contributed by atoms with van der Waals surface area (Å²) < 4.78 is 16.6. The van der Waals surface area contributed by atoms with Crippen LogP contribution >= 0.6 is 0 Å². The summed E-state index contributed by atoms with van der Waals surface area (Å²) in [4.78, 5) is 12.8. The first-order valence-corrected chi connectivity index (χ1v) is 9.40. The number of hydrogen-bond acceptors (Lipinski definition) is 4. The van der Waals surface area contributed by atoms with Crippen LogP contribution in [0, 0.1) is 13.8 Å². The van der Waals surface area contributed by atoms with E-state index in [2.05, 4.69) is 23.5 Å². The molecule has 0 radical (unpaired) electrons. The number of fused-ring (bicyclic) bond motifs is 1. The molecular formula is C22H25NO4. The van der Waals surface area contributed by atoms with E-state index in [0.29, 0.717) is 25.3 Å². The monoisotopic (exact) mass is 367 g/mol. The molecule has 0 bridgehead atoms. The highest BCUT2D eigenvalue weighted by Crippen LogP contribution is 2.40. The lowest BCUT2D eigenvalue weighted by Gasteiger charge is -2.38. The largest absolute Gasteiger partial charge is 0.454 e. The summed E-state index contributed by atoms with van der Waals surface area (Å²) in [6.45, 7) is 6.23. The van der Waals surface area contributed by atoms with Crippen molar-refractivity contribution >= 4 is 5.91 Å². The van der Waals surface area contributed by atoms with Crippen molar-refractivity contribution in [3.05, 3.63) is 58.7 Å². The fraction of sp³-hybridized carbons (Fsp3) is 0.409. The van der Waals surface area contributed by atoms with E-state index >= 15 is 0 Å². The van der Waals surface area contributed by atoms with Gasteiger partial charge >= 0.3 is 0 Å². The van der Waals surface area contributed by atoms with Gasteiger partial charge in [-0.2, -0.15) is 0 Å². The van der Waals surface area contributed by atoms with Crippen molar-refractivity contribution < 1.29 is 19.0 Å². The predicted molar refractivity (Wildman–Crippen MR) is 103 cm³/mol. The third-order valence-electron chi connectivity index (χ3n) is 5.51. The Hall–Kier alpha value is -2.53. The Kier molecular flexibility index (Phi) is 4.79. The molecule has 1 N–H and O–H groups in total. The zero-order valence-corrected chi connectivity index (χ0v) is 15.8. The summed E-state index contributed by atoms with van der Waals surface area (Å²) in [5, 5.41) is 3.16. The van der Waals surface area contributed by atoms with E-state index in [4.69, 9.17) is 14.2 Å². The molecule has 27 heavy (non-hydrogen) atoms. The maximum absolute atomic E-state index is 12.8. The van der Waals surface area contributed by atoms with Gasteiger partial charge in [-0.1, -0.05) is 23.3 Å². The van der Waals surface area contributed by atoms with E-state index in [-0.39, 0.29) is 18.1 Å². The van der Waals surface area contributed by atoms with Gasteiger partial charge in [0.2, 0.25) is 6.79 Å². The van der Waals surface area contributed by atoms with Crippen LogP contribution in [0.4, 0.5) is 0 Å². The standard InChI is InChI=1S/C22H25NO4/c1-15-9-16(2)11-17(10-15)21(24)23-13-22(5-7-25-8-6-22)18-3-4-19-20(12-18)27-14-26-19/h3-4,9-12H,5-8,13-14H2,1-2H3,(H,23,24). The van der Waals surface area contributed by atoms with Gasteiger partial charge in [-0.05, 0) is 56.5 Å². The summed E-state index contributed by atoms with van der Waals surface area (Å²) in [5.41, 5.74) is 3.90. The molecule has 1 saturated heterocycles. The maximum Gasteiger partial charge on any atom is 0.251 e. The predicted octanol–water partition coefficient (Wildman–Crippen LogP) is 3.51. The Morgan fingerprint density at radius 1 is 1.00 bits per heavy atom. The first kappa shape index (κ1) is 17.9. The molecule has 142 valence electrons. The number of carbonyl (C=O) groups is 1. The van der Waals surface area contributed by atoms with Crippen LogP contribution in [0.25, 0.3) is 0 Å². The van der Waals surface area contributed by atoms with Gasteiger partial charge in [0.1, 0.15) is 0 Å². The fourth-order valence-corrected chi connectivity index (χ4v) is 4.01. The van der Waals surface area contributed by atoms with Gasteiger partial charge in [-0.15, -0.1) is 0 Å². The van der Waals surface area contributed by atoms with Crippen molar-refractivity contribution in [1.82, 2.24) is 5.32 Å². The van der Waals surface area contributed by atoms with Gasteiger partial charge in [0.15, 0.2) is 11.5 Å². The summed E-state index contributed by atoms with van der Waals surface area (Å²) in [5.74, 6) is 1.52. The quantitative estimate of drug-likeness (QED) is 0.898. The summed E-state index contributed by atoms with van der Waals surface area (Å²) >= 11 is 0. The van der Waals surface area contributed by atoms with Crippen molar-refractivity contribution in [2.45, 2.75) is 32.1 Å². The second kappa shape index (κ2) is 7.24. The minimum atomic E-state index is -0.159. The minimum Gasteiger partial charge on any atom is -0.454 e. The number of amides is 1. The maximum atomic E-state index is 12.8. The van der Waals surface area contributed by atoms with Gasteiger partial charge in [0, 0.05) is 30.7 Å². The third-order valence-corrected chi connectivity index (χ3v) is 5.51. The molecule has 5 nitrogen and oxygen atoms in total. The van der Waals surface area contributed by atoms with Gasteiger partial charge in [-0.3, -0.25) is 4.79 Å². The topological polar surface area (TPSA) is 56.8 Å². The number of aryl methyl sites for hydroxylation is 2. The summed E-state index contributed by atoms with van der Waals surface area (Å²) in [6, 6.07) is 12.0. The van der Waals surface area contributed by atoms with Gasteiger partial charge in [-0.25, -0.2) is 0 Å². The van der Waals surface area contributed by atoms with Crippen molar-refractivity contribution in [3.63, 3.8) is 0 Å². The van der Waals surface area contributed by atoms with Gasteiger partial charge in [0.05, 0.1) is 0 Å². The summed E-state index contributed by atoms with van der Waals surface area (Å²) in [6.07, 6.45) is 1.72. The number of carbonyl (C=O) groups excluding carboxylic acids is 1. The molecule has 4 rings (SSSR count). The van der Waals surface area contributed by atoms with E-state index in [9.17, 15) is 4.79 Å². The molecule has 2 heterocycles. The molecule has 2 aromatic carbocycles. The van der Waals surface area contributed by atoms with Crippen LogP contribution < -0.4 is 14.8 Å². The lowest BCUT2D eigenvalue weighted by molar-refractivity contribution is 0.0486. The molecule has 0 aromatic heterocycles. The Bertz CT molecular complexity index is 835. The minimum absolute atomic E-state index is 0.0339. The fourth-order valence-electron chi connectivity index (χ4n) is 4.01. The highest BCUT2D eigenvalue weighted by atomic mass is 16.7. The van der Waals surface area contributed by atoms with Crippen molar-refractivity contribution in [2.24, 2.45) is 0 Å². The molecule has 1 amide bonds. The zero-order chi connectivity index (χ0) is 18.9. The lowest BCUT2D eigenvalue weighted by Crippen LogP contribution is -2.44. The van der Waals surface area contributed by atoms with Gasteiger partial charge < -0.3 is 19.5 Å². The van der Waals surface area contributed by atoms with Crippen LogP contribution in [0.3, 0.4) is 0 Å². The molecule has 0 saturated carbocycles. The van der Waals surface area contributed by atoms with Crippen LogP contribution in [0.1, 0.15) is 39.9 Å². The molecule has 0 spiro atoms. The average molecular weight is 367 g/mol. The molecule has 0 atom stereocenters. The Labute approximate surface area is 159 Å². The highest BCUT2D eigenvalue weighted by molar-refractivity contribution is 5.94. The normalized spacial score (nSPS) is 17.6. The van der Waals surface area contributed by atoms with Crippen LogP contribution in [-0.2, 0) is 10.2 Å². The van der Waals surface area contributed by atoms with E-state index < -0.39 is 0 Å². The van der Waals surface area contributed by atoms with Crippen LogP contribution in [0.5, 0.6) is 11.5 Å². The van der Waals surface area contributed by atoms with E-state index in [1.165, 1.54) is 0 Å². The first-order chi connectivity index (χ1) is 13.1. The number of benzene rings is 2. The first-order valence-electron chi connectivity index (χ1n) is 9.40. The summed E-state index contributed by atoms with van der Waals surface area (Å²) in [7, 11) is 0. The molecule has 2 aromatic rings. The Balaban J connectivity index is 1.56. The van der Waals surface area contributed by atoms with E-state index in [1.54, 1.807) is 0 Å². The molecule has 0 unspecified atom stereocenters. The van der Waals surface area contributed by atoms with Crippen LogP contribution in [-0.4, -0.2) is 32.5 Å². The smallest absolute Gasteiger partial charge is 0.251 e. The number of hydrogen-bond donors (Lipinski definition) is 1. The number of rotatable bonds is 4. The van der Waals surface area contributed by atoms with E-state index in [0.717, 1.165) is 41.0 Å². The average Bonchev–Trinajstić information content (AvgIpc) is 3.14. The SMILES string of the molecule is Cc1cc(C)cc(C(=O)NCC2(c3ccc4c(c3)OCO4)CCOCC2)c1. The Morgan fingerprint density at radius 3 is 2.44 bits per heavy atom. The molecule has 5 heteroatoms. The molecule has 2 aliphatic rings. The van der Waals surface area contributed by atoms with Gasteiger partial charge in [0.25, 0.3) is 5.91 Å². The molecule has 0 aliphatic carbocycles. The van der Waals surface area contributed by atoms with Crippen molar-refractivity contribution in [2.75, 3.05) is 26.6 Å². The zero-order valence-electron chi connectivity index (χ0n) is 15.8. The lowest BCUT2D eigenvalue weighted by atomic mass is 9.74. The number of nitrogens with one attached hydrogen (secondary N) is 1.